The zero-order chi connectivity index (χ0) is 10.6. The van der Waals surface area contributed by atoms with Gasteiger partial charge in [-0.05, 0) is 38.5 Å². The van der Waals surface area contributed by atoms with Crippen molar-refractivity contribution in [1.82, 2.24) is 0 Å². The van der Waals surface area contributed by atoms with Crippen molar-refractivity contribution < 1.29 is 4.74 Å². The molecule has 0 saturated heterocycles. The summed E-state index contributed by atoms with van der Waals surface area (Å²) in [6.45, 7) is 6.77. The van der Waals surface area contributed by atoms with Crippen molar-refractivity contribution in [2.75, 3.05) is 0 Å². The van der Waals surface area contributed by atoms with E-state index >= 15 is 0 Å². The third-order valence-corrected chi connectivity index (χ3v) is 1.79. The summed E-state index contributed by atoms with van der Waals surface area (Å²) >= 11 is 0. The summed E-state index contributed by atoms with van der Waals surface area (Å²) in [6, 6.07) is 7.87. The van der Waals surface area contributed by atoms with Crippen LogP contribution >= 0.6 is 0 Å². The minimum Gasteiger partial charge on any atom is -0.371 e. The second-order valence-electron chi connectivity index (χ2n) is 4.24. The molecule has 0 spiro atoms. The van der Waals surface area contributed by atoms with E-state index in [1.807, 2.05) is 45.0 Å². The van der Waals surface area contributed by atoms with Crippen molar-refractivity contribution in [2.45, 2.75) is 33.0 Å². The summed E-state index contributed by atoms with van der Waals surface area (Å²) in [5, 5.41) is 0. The molecule has 0 amide bonds. The monoisotopic (exact) mass is 188 g/mol. The van der Waals surface area contributed by atoms with Gasteiger partial charge in [0.2, 0.25) is 0 Å². The molecule has 0 bridgehead atoms. The van der Waals surface area contributed by atoms with Crippen molar-refractivity contribution in [3.8, 4) is 12.3 Å². The number of hydrogen-bond donors (Lipinski definition) is 0. The van der Waals surface area contributed by atoms with E-state index in [0.717, 1.165) is 11.1 Å². The molecule has 0 heterocycles. The Morgan fingerprint density at radius 1 is 1.21 bits per heavy atom. The van der Waals surface area contributed by atoms with Gasteiger partial charge in [-0.1, -0.05) is 18.1 Å². The molecule has 1 aromatic rings. The van der Waals surface area contributed by atoms with E-state index in [-0.39, 0.29) is 5.60 Å². The number of ether oxygens (including phenoxy) is 1. The van der Waals surface area contributed by atoms with Crippen LogP contribution in [0.15, 0.2) is 24.3 Å². The van der Waals surface area contributed by atoms with E-state index in [1.165, 1.54) is 0 Å². The van der Waals surface area contributed by atoms with Crippen molar-refractivity contribution in [3.63, 3.8) is 0 Å². The molecule has 0 saturated carbocycles. The minimum absolute atomic E-state index is 0.0925. The summed E-state index contributed by atoms with van der Waals surface area (Å²) in [5.74, 6) is 2.59. The quantitative estimate of drug-likeness (QED) is 0.648. The molecule has 1 heteroatoms. The summed E-state index contributed by atoms with van der Waals surface area (Å²) in [5.41, 5.74) is 1.97. The summed E-state index contributed by atoms with van der Waals surface area (Å²) in [7, 11) is 0. The first kappa shape index (κ1) is 10.8. The first-order valence-electron chi connectivity index (χ1n) is 4.71. The Bertz CT molecular complexity index is 322. The average molecular weight is 188 g/mol. The van der Waals surface area contributed by atoms with E-state index in [1.54, 1.807) is 0 Å². The maximum absolute atomic E-state index is 5.64. The van der Waals surface area contributed by atoms with Crippen LogP contribution in [0.4, 0.5) is 0 Å². The van der Waals surface area contributed by atoms with Crippen molar-refractivity contribution >= 4 is 0 Å². The van der Waals surface area contributed by atoms with Gasteiger partial charge in [0.15, 0.2) is 0 Å². The molecule has 74 valence electrons. The van der Waals surface area contributed by atoms with Crippen molar-refractivity contribution in [3.05, 3.63) is 35.4 Å². The van der Waals surface area contributed by atoms with E-state index in [2.05, 4.69) is 5.92 Å². The molecule has 1 aromatic carbocycles. The van der Waals surface area contributed by atoms with Crippen LogP contribution in [0, 0.1) is 12.3 Å². The lowest BCUT2D eigenvalue weighted by Gasteiger charge is -2.19. The molecule has 0 aromatic heterocycles. The molecule has 0 fully saturated rings. The summed E-state index contributed by atoms with van der Waals surface area (Å²) < 4.78 is 5.64. The van der Waals surface area contributed by atoms with Crippen LogP contribution < -0.4 is 0 Å². The molecule has 1 nitrogen and oxygen atoms in total. The number of terminal acetylenes is 1. The Morgan fingerprint density at radius 3 is 2.21 bits per heavy atom. The lowest BCUT2D eigenvalue weighted by atomic mass is 10.1. The van der Waals surface area contributed by atoms with Crippen molar-refractivity contribution in [2.24, 2.45) is 0 Å². The Hall–Kier alpha value is -1.26. The summed E-state index contributed by atoms with van der Waals surface area (Å²) in [4.78, 5) is 0. The maximum Gasteiger partial charge on any atom is 0.0724 e. The van der Waals surface area contributed by atoms with Crippen LogP contribution in [0.1, 0.15) is 31.9 Å². The molecule has 0 aliphatic carbocycles. The van der Waals surface area contributed by atoms with Crippen LogP contribution in [0.25, 0.3) is 0 Å². The molecule has 0 atom stereocenters. The highest BCUT2D eigenvalue weighted by Crippen LogP contribution is 2.12. The summed E-state index contributed by atoms with van der Waals surface area (Å²) in [6.07, 6.45) is 5.26. The molecule has 1 rings (SSSR count). The standard InChI is InChI=1S/C13H16O/c1-5-11-6-8-12(9-7-11)10-14-13(2,3)4/h1,6-9H,10H2,2-4H3. The van der Waals surface area contributed by atoms with Gasteiger partial charge < -0.3 is 4.74 Å². The Labute approximate surface area is 86.1 Å². The lowest BCUT2D eigenvalue weighted by molar-refractivity contribution is -0.0149. The van der Waals surface area contributed by atoms with E-state index in [4.69, 9.17) is 11.2 Å². The molecule has 14 heavy (non-hydrogen) atoms. The predicted octanol–water partition coefficient (Wildman–Crippen LogP) is 2.98. The molecule has 0 radical (unpaired) electrons. The predicted molar refractivity (Wildman–Crippen MR) is 58.9 cm³/mol. The van der Waals surface area contributed by atoms with Gasteiger partial charge in [0.1, 0.15) is 0 Å². The highest BCUT2D eigenvalue weighted by molar-refractivity contribution is 5.33. The highest BCUT2D eigenvalue weighted by Gasteiger charge is 2.09. The molecule has 0 aliphatic heterocycles. The number of hydrogen-bond acceptors (Lipinski definition) is 1. The molecule has 0 aliphatic rings. The van der Waals surface area contributed by atoms with E-state index in [9.17, 15) is 0 Å². The van der Waals surface area contributed by atoms with Gasteiger partial charge in [-0.15, -0.1) is 6.42 Å². The van der Waals surface area contributed by atoms with Gasteiger partial charge in [0.25, 0.3) is 0 Å². The Kier molecular flexibility index (Phi) is 3.33. The highest BCUT2D eigenvalue weighted by atomic mass is 16.5. The van der Waals surface area contributed by atoms with Crippen LogP contribution in [0.2, 0.25) is 0 Å². The van der Waals surface area contributed by atoms with E-state index in [0.29, 0.717) is 6.61 Å². The van der Waals surface area contributed by atoms with E-state index < -0.39 is 0 Å². The van der Waals surface area contributed by atoms with Gasteiger partial charge in [0.05, 0.1) is 12.2 Å². The van der Waals surface area contributed by atoms with Crippen LogP contribution in [0.3, 0.4) is 0 Å². The molecule has 0 unspecified atom stereocenters. The fraction of sp³-hybridized carbons (Fsp3) is 0.385. The molecule has 0 N–H and O–H groups in total. The molecular formula is C13H16O. The van der Waals surface area contributed by atoms with Gasteiger partial charge in [-0.2, -0.15) is 0 Å². The zero-order valence-corrected chi connectivity index (χ0v) is 9.00. The van der Waals surface area contributed by atoms with Crippen molar-refractivity contribution in [1.29, 1.82) is 0 Å². The Morgan fingerprint density at radius 2 is 1.79 bits per heavy atom. The number of benzene rings is 1. The minimum atomic E-state index is -0.0925. The Balaban J connectivity index is 2.58. The topological polar surface area (TPSA) is 9.23 Å². The molecular weight excluding hydrogens is 172 g/mol. The van der Waals surface area contributed by atoms with Gasteiger partial charge in [-0.3, -0.25) is 0 Å². The lowest BCUT2D eigenvalue weighted by Crippen LogP contribution is -2.18. The second kappa shape index (κ2) is 4.30. The van der Waals surface area contributed by atoms with Crippen LogP contribution in [-0.2, 0) is 11.3 Å². The first-order valence-corrected chi connectivity index (χ1v) is 4.71. The van der Waals surface area contributed by atoms with Gasteiger partial charge >= 0.3 is 0 Å². The third-order valence-electron chi connectivity index (χ3n) is 1.79. The third kappa shape index (κ3) is 3.64. The number of rotatable bonds is 2. The average Bonchev–Trinajstić information content (AvgIpc) is 2.14. The largest absolute Gasteiger partial charge is 0.371 e. The maximum atomic E-state index is 5.64. The normalized spacial score (nSPS) is 11.0. The SMILES string of the molecule is C#Cc1ccc(COC(C)(C)C)cc1. The fourth-order valence-electron chi connectivity index (χ4n) is 0.997. The van der Waals surface area contributed by atoms with Crippen LogP contribution in [-0.4, -0.2) is 5.60 Å². The smallest absolute Gasteiger partial charge is 0.0724 e. The van der Waals surface area contributed by atoms with Crippen LogP contribution in [0.5, 0.6) is 0 Å². The first-order chi connectivity index (χ1) is 6.51. The second-order valence-corrected chi connectivity index (χ2v) is 4.24. The zero-order valence-electron chi connectivity index (χ0n) is 9.00. The van der Waals surface area contributed by atoms with Gasteiger partial charge in [0, 0.05) is 5.56 Å². The van der Waals surface area contributed by atoms with Gasteiger partial charge in [-0.25, -0.2) is 0 Å². The fourth-order valence-corrected chi connectivity index (χ4v) is 0.997.